The van der Waals surface area contributed by atoms with Gasteiger partial charge in [-0.15, -0.1) is 0 Å². The molecule has 2 heterocycles. The first-order chi connectivity index (χ1) is 14.1. The molecular weight excluding hydrogens is 408 g/mol. The number of halogens is 4. The molecule has 30 heavy (non-hydrogen) atoms. The molecule has 9 nitrogen and oxygen atoms in total. The van der Waals surface area contributed by atoms with Crippen molar-refractivity contribution in [1.82, 2.24) is 10.3 Å². The highest BCUT2D eigenvalue weighted by Gasteiger charge is 2.38. The topological polar surface area (TPSA) is 158 Å². The number of nitrogens with one attached hydrogen (secondary N) is 2. The molecule has 0 spiro atoms. The van der Waals surface area contributed by atoms with Crippen molar-refractivity contribution in [2.75, 3.05) is 23.9 Å². The van der Waals surface area contributed by atoms with Gasteiger partial charge in [-0.25, -0.2) is 14.4 Å². The molecule has 3 rings (SSSR count). The number of benzene rings is 1. The number of aromatic nitrogens is 1. The Morgan fingerprint density at radius 1 is 1.27 bits per heavy atom. The lowest BCUT2D eigenvalue weighted by atomic mass is 9.93. The van der Waals surface area contributed by atoms with Crippen molar-refractivity contribution in [3.63, 3.8) is 0 Å². The maximum atomic E-state index is 14.6. The van der Waals surface area contributed by atoms with E-state index < -0.39 is 29.3 Å². The second-order valence-electron chi connectivity index (χ2n) is 5.95. The Kier molecular flexibility index (Phi) is 4.97. The second-order valence-corrected chi connectivity index (χ2v) is 5.95. The minimum Gasteiger partial charge on any atom is -0.493 e. The van der Waals surface area contributed by atoms with Crippen LogP contribution in [0.1, 0.15) is 28.3 Å². The van der Waals surface area contributed by atoms with E-state index in [1.165, 1.54) is 0 Å². The quantitative estimate of drug-likeness (QED) is 0.327. The van der Waals surface area contributed by atoms with Crippen LogP contribution in [0.5, 0.6) is 5.75 Å². The van der Waals surface area contributed by atoms with Crippen LogP contribution in [0.3, 0.4) is 0 Å². The van der Waals surface area contributed by atoms with Crippen molar-refractivity contribution >= 4 is 23.3 Å². The van der Waals surface area contributed by atoms with E-state index in [1.54, 1.807) is 12.3 Å². The lowest BCUT2D eigenvalue weighted by molar-refractivity contribution is -0.140. The van der Waals surface area contributed by atoms with Crippen LogP contribution in [-0.4, -0.2) is 18.1 Å². The minimum absolute atomic E-state index is 0.0101. The largest absolute Gasteiger partial charge is 0.493 e. The van der Waals surface area contributed by atoms with Crippen LogP contribution < -0.4 is 26.8 Å². The van der Waals surface area contributed by atoms with Gasteiger partial charge in [0, 0.05) is 11.1 Å². The van der Waals surface area contributed by atoms with Gasteiger partial charge in [0.1, 0.15) is 29.3 Å². The van der Waals surface area contributed by atoms with Gasteiger partial charge in [0.05, 0.1) is 18.4 Å². The summed E-state index contributed by atoms with van der Waals surface area (Å²) in [7, 11) is 0.994. The summed E-state index contributed by atoms with van der Waals surface area (Å²) in [6.07, 6.45) is -3.34. The number of rotatable bonds is 2. The third kappa shape index (κ3) is 3.22. The monoisotopic (exact) mass is 420 g/mol. The van der Waals surface area contributed by atoms with Gasteiger partial charge in [0.2, 0.25) is 5.96 Å². The summed E-state index contributed by atoms with van der Waals surface area (Å²) in [6.45, 7) is 0. The van der Waals surface area contributed by atoms with Gasteiger partial charge in [0.15, 0.2) is 17.8 Å². The number of nitrogens with two attached hydrogens (primary N) is 2. The number of hydrogen-bond acceptors (Lipinski definition) is 9. The smallest absolute Gasteiger partial charge is 0.419 e. The van der Waals surface area contributed by atoms with E-state index in [2.05, 4.69) is 20.6 Å². The van der Waals surface area contributed by atoms with E-state index in [4.69, 9.17) is 21.5 Å². The third-order valence-electron chi connectivity index (χ3n) is 4.29. The maximum Gasteiger partial charge on any atom is 0.419 e. The van der Waals surface area contributed by atoms with Gasteiger partial charge >= 0.3 is 6.18 Å². The first kappa shape index (κ1) is 20.5. The molecule has 2 aromatic rings. The molecule has 0 saturated carbocycles. The summed E-state index contributed by atoms with van der Waals surface area (Å²) in [6, 6.07) is 2.03. The van der Waals surface area contributed by atoms with Crippen LogP contribution >= 0.6 is 0 Å². The van der Waals surface area contributed by atoms with Crippen LogP contribution in [0.4, 0.5) is 34.9 Å². The molecule has 154 valence electrons. The van der Waals surface area contributed by atoms with Crippen LogP contribution in [-0.2, 0) is 6.18 Å². The lowest BCUT2D eigenvalue weighted by Crippen LogP contribution is -2.33. The third-order valence-corrected chi connectivity index (χ3v) is 4.29. The zero-order chi connectivity index (χ0) is 22.2. The second kappa shape index (κ2) is 7.29. The standard InChI is InChI=1S/C17H12F4N8O/c1-30-13-6(2-3-8(10(13)18)17(19,20)21)12-9-11(24)7(4-22)14(25)28-15(9)29-16(27-12)26-5-23/h2-3,12H,1H3,(H6,24,25,26,27,28,29). The Hall–Kier alpha value is -4.26. The molecule has 1 aromatic heterocycles. The number of alkyl halides is 3. The average molecular weight is 420 g/mol. The van der Waals surface area contributed by atoms with E-state index in [-0.39, 0.29) is 40.0 Å². The molecule has 1 aliphatic heterocycles. The SMILES string of the molecule is COc1c(C2N=C(NC#N)Nc3nc(N)c(C#N)c(N)c32)ccc(C(F)(F)F)c1F. The van der Waals surface area contributed by atoms with E-state index in [0.29, 0.717) is 6.07 Å². The number of nitrogens with zero attached hydrogens (tertiary/aromatic N) is 4. The number of pyridine rings is 1. The van der Waals surface area contributed by atoms with E-state index in [9.17, 15) is 22.8 Å². The molecule has 0 amide bonds. The molecular formula is C17H12F4N8O. The van der Waals surface area contributed by atoms with Crippen LogP contribution in [0, 0.1) is 28.6 Å². The summed E-state index contributed by atoms with van der Waals surface area (Å²) in [4.78, 5) is 8.17. The molecule has 1 aliphatic rings. The van der Waals surface area contributed by atoms with E-state index >= 15 is 0 Å². The van der Waals surface area contributed by atoms with Crippen molar-refractivity contribution in [3.05, 3.63) is 40.2 Å². The number of hydrogen-bond donors (Lipinski definition) is 4. The van der Waals surface area contributed by atoms with Gasteiger partial charge in [-0.05, 0) is 6.07 Å². The zero-order valence-corrected chi connectivity index (χ0v) is 15.1. The van der Waals surface area contributed by atoms with Crippen molar-refractivity contribution in [2.24, 2.45) is 4.99 Å². The Balaban J connectivity index is 2.32. The molecule has 13 heteroatoms. The van der Waals surface area contributed by atoms with Gasteiger partial charge in [-0.2, -0.15) is 23.7 Å². The molecule has 0 bridgehead atoms. The first-order valence-electron chi connectivity index (χ1n) is 8.06. The summed E-state index contributed by atoms with van der Waals surface area (Å²) >= 11 is 0. The van der Waals surface area contributed by atoms with Crippen molar-refractivity contribution in [2.45, 2.75) is 12.2 Å². The fraction of sp³-hybridized carbons (Fsp3) is 0.176. The number of guanidine groups is 1. The van der Waals surface area contributed by atoms with Crippen LogP contribution in [0.25, 0.3) is 0 Å². The molecule has 0 saturated heterocycles. The number of aliphatic imine (C=N–C) groups is 1. The van der Waals surface area contributed by atoms with E-state index in [0.717, 1.165) is 13.2 Å². The normalized spacial score (nSPS) is 15.2. The number of anilines is 3. The molecule has 0 fully saturated rings. The summed E-state index contributed by atoms with van der Waals surface area (Å²) in [5.74, 6) is -2.74. The molecule has 1 unspecified atom stereocenters. The fourth-order valence-electron chi connectivity index (χ4n) is 3.02. The molecule has 1 aromatic carbocycles. The lowest BCUT2D eigenvalue weighted by Gasteiger charge is -2.27. The molecule has 0 aliphatic carbocycles. The highest BCUT2D eigenvalue weighted by Crippen LogP contribution is 2.45. The van der Waals surface area contributed by atoms with Crippen molar-refractivity contribution < 1.29 is 22.3 Å². The van der Waals surface area contributed by atoms with Gasteiger partial charge in [-0.3, -0.25) is 5.32 Å². The van der Waals surface area contributed by atoms with Crippen LogP contribution in [0.15, 0.2) is 17.1 Å². The Morgan fingerprint density at radius 2 is 1.97 bits per heavy atom. The minimum atomic E-state index is -4.96. The Morgan fingerprint density at radius 3 is 2.53 bits per heavy atom. The Labute approximate surface area is 166 Å². The van der Waals surface area contributed by atoms with Crippen molar-refractivity contribution in [3.8, 4) is 18.0 Å². The van der Waals surface area contributed by atoms with Gasteiger partial charge < -0.3 is 21.5 Å². The summed E-state index contributed by atoms with van der Waals surface area (Å²) < 4.78 is 58.8. The first-order valence-corrected chi connectivity index (χ1v) is 8.06. The summed E-state index contributed by atoms with van der Waals surface area (Å²) in [5, 5.41) is 23.0. The Bertz CT molecular complexity index is 1150. The summed E-state index contributed by atoms with van der Waals surface area (Å²) in [5.41, 5.74) is 9.82. The van der Waals surface area contributed by atoms with E-state index in [1.807, 2.05) is 0 Å². The van der Waals surface area contributed by atoms with Crippen molar-refractivity contribution in [1.29, 1.82) is 10.5 Å². The number of fused-ring (bicyclic) bond motifs is 1. The molecule has 1 atom stereocenters. The fourth-order valence-corrected chi connectivity index (χ4v) is 3.02. The predicted molar refractivity (Wildman–Crippen MR) is 97.4 cm³/mol. The van der Waals surface area contributed by atoms with Crippen LogP contribution in [0.2, 0.25) is 0 Å². The van der Waals surface area contributed by atoms with Gasteiger partial charge in [-0.1, -0.05) is 6.07 Å². The predicted octanol–water partition coefficient (Wildman–Crippen LogP) is 2.23. The number of ether oxygens (including phenoxy) is 1. The number of nitriles is 2. The number of nitrogen functional groups attached to an aromatic ring is 2. The highest BCUT2D eigenvalue weighted by molar-refractivity contribution is 5.98. The average Bonchev–Trinajstić information content (AvgIpc) is 2.66. The molecule has 0 radical (unpaired) electrons. The zero-order valence-electron chi connectivity index (χ0n) is 15.1. The number of methoxy groups -OCH3 is 1. The molecule has 6 N–H and O–H groups in total. The maximum absolute atomic E-state index is 14.6. The highest BCUT2D eigenvalue weighted by atomic mass is 19.4. The van der Waals surface area contributed by atoms with Gasteiger partial charge in [0.25, 0.3) is 0 Å².